The number of H-pyrrole nitrogens is 1. The molecular formula is C15H18N2O3. The quantitative estimate of drug-likeness (QED) is 0.736. The number of carbonyl (C=O) groups is 1. The van der Waals surface area contributed by atoms with Gasteiger partial charge in [-0.3, -0.25) is 0 Å². The van der Waals surface area contributed by atoms with Gasteiger partial charge in [0.25, 0.3) is 0 Å². The molecule has 2 heterocycles. The van der Waals surface area contributed by atoms with Gasteiger partial charge in [0.15, 0.2) is 0 Å². The molecule has 0 unspecified atom stereocenters. The normalized spacial score (nSPS) is 17.1. The maximum atomic E-state index is 12.1. The molecule has 0 amide bonds. The Kier molecular flexibility index (Phi) is 2.85. The number of fused-ring (bicyclic) bond motifs is 3. The Labute approximate surface area is 116 Å². The standard InChI is InChI=1S/C15H18N2O3/c1-4-8-6-16-9-5-10(18)14-13(12(8)9)11(7(2)17-14)15(19)20-3/h5,8,16-18H,4,6H2,1-3H3/t8-/m1/s1. The van der Waals surface area contributed by atoms with Gasteiger partial charge < -0.3 is 20.1 Å². The Morgan fingerprint density at radius 3 is 2.95 bits per heavy atom. The van der Waals surface area contributed by atoms with E-state index in [1.54, 1.807) is 6.07 Å². The van der Waals surface area contributed by atoms with Crippen LogP contribution in [0.4, 0.5) is 5.69 Å². The summed E-state index contributed by atoms with van der Waals surface area (Å²) in [6.07, 6.45) is 0.977. The number of ether oxygens (including phenoxy) is 1. The molecule has 2 aromatic rings. The number of nitrogens with one attached hydrogen (secondary N) is 2. The van der Waals surface area contributed by atoms with Crippen molar-refractivity contribution in [2.75, 3.05) is 19.0 Å². The highest BCUT2D eigenvalue weighted by Crippen LogP contribution is 2.44. The third kappa shape index (κ3) is 1.59. The Morgan fingerprint density at radius 2 is 2.30 bits per heavy atom. The smallest absolute Gasteiger partial charge is 0.340 e. The topological polar surface area (TPSA) is 74.4 Å². The van der Waals surface area contributed by atoms with Gasteiger partial charge >= 0.3 is 5.97 Å². The molecule has 20 heavy (non-hydrogen) atoms. The minimum absolute atomic E-state index is 0.154. The molecule has 0 fully saturated rings. The Balaban J connectivity index is 2.41. The van der Waals surface area contributed by atoms with E-state index in [2.05, 4.69) is 17.2 Å². The lowest BCUT2D eigenvalue weighted by Gasteiger charge is -2.10. The van der Waals surface area contributed by atoms with Crippen LogP contribution in [0.25, 0.3) is 10.9 Å². The van der Waals surface area contributed by atoms with E-state index >= 15 is 0 Å². The number of hydrogen-bond donors (Lipinski definition) is 3. The van der Waals surface area contributed by atoms with Crippen LogP contribution in [-0.4, -0.2) is 29.7 Å². The fourth-order valence-electron chi connectivity index (χ4n) is 3.12. The van der Waals surface area contributed by atoms with E-state index in [0.29, 0.717) is 17.0 Å². The summed E-state index contributed by atoms with van der Waals surface area (Å²) in [6, 6.07) is 1.73. The van der Waals surface area contributed by atoms with Crippen LogP contribution in [0.15, 0.2) is 6.07 Å². The van der Waals surface area contributed by atoms with Gasteiger partial charge in [0.2, 0.25) is 0 Å². The van der Waals surface area contributed by atoms with E-state index in [-0.39, 0.29) is 11.7 Å². The van der Waals surface area contributed by atoms with Crippen LogP contribution in [0.3, 0.4) is 0 Å². The lowest BCUT2D eigenvalue weighted by molar-refractivity contribution is 0.0602. The maximum Gasteiger partial charge on any atom is 0.340 e. The second-order valence-electron chi connectivity index (χ2n) is 5.21. The number of anilines is 1. The highest BCUT2D eigenvalue weighted by molar-refractivity contribution is 6.10. The number of aryl methyl sites for hydroxylation is 1. The predicted molar refractivity (Wildman–Crippen MR) is 77.6 cm³/mol. The Bertz CT molecular complexity index is 703. The van der Waals surface area contributed by atoms with Crippen LogP contribution in [0.1, 0.15) is 40.9 Å². The number of esters is 1. The molecule has 0 saturated heterocycles. The summed E-state index contributed by atoms with van der Waals surface area (Å²) in [5, 5.41) is 14.3. The molecule has 1 aliphatic rings. The molecule has 0 aliphatic carbocycles. The number of phenolic OH excluding ortho intramolecular Hbond substituents is 1. The van der Waals surface area contributed by atoms with Crippen LogP contribution in [0.5, 0.6) is 5.75 Å². The number of methoxy groups -OCH3 is 1. The van der Waals surface area contributed by atoms with Crippen molar-refractivity contribution in [2.24, 2.45) is 0 Å². The van der Waals surface area contributed by atoms with E-state index in [9.17, 15) is 9.90 Å². The van der Waals surface area contributed by atoms with Gasteiger partial charge in [-0.2, -0.15) is 0 Å². The molecule has 1 aliphatic heterocycles. The van der Waals surface area contributed by atoms with Crippen molar-refractivity contribution < 1.29 is 14.6 Å². The van der Waals surface area contributed by atoms with Crippen molar-refractivity contribution in [3.05, 3.63) is 22.9 Å². The van der Waals surface area contributed by atoms with Crippen molar-refractivity contribution in [3.8, 4) is 5.75 Å². The fourth-order valence-corrected chi connectivity index (χ4v) is 3.12. The second kappa shape index (κ2) is 4.44. The zero-order valence-corrected chi connectivity index (χ0v) is 11.8. The van der Waals surface area contributed by atoms with Crippen molar-refractivity contribution in [1.29, 1.82) is 0 Å². The van der Waals surface area contributed by atoms with Gasteiger partial charge in [-0.15, -0.1) is 0 Å². The number of hydrogen-bond acceptors (Lipinski definition) is 4. The third-order valence-corrected chi connectivity index (χ3v) is 4.11. The predicted octanol–water partition coefficient (Wildman–Crippen LogP) is 2.89. The first-order valence-corrected chi connectivity index (χ1v) is 6.78. The summed E-state index contributed by atoms with van der Waals surface area (Å²) in [4.78, 5) is 15.2. The highest BCUT2D eigenvalue weighted by Gasteiger charge is 2.30. The first kappa shape index (κ1) is 12.8. The highest BCUT2D eigenvalue weighted by atomic mass is 16.5. The summed E-state index contributed by atoms with van der Waals surface area (Å²) in [6.45, 7) is 4.77. The van der Waals surface area contributed by atoms with E-state index in [1.807, 2.05) is 6.92 Å². The van der Waals surface area contributed by atoms with Crippen LogP contribution in [0.2, 0.25) is 0 Å². The fraction of sp³-hybridized carbons (Fsp3) is 0.400. The number of aromatic hydroxyl groups is 1. The minimum atomic E-state index is -0.372. The SMILES string of the molecule is CC[C@@H]1CNc2cc(O)c3[nH]c(C)c(C(=O)OC)c3c21. The molecule has 5 heteroatoms. The van der Waals surface area contributed by atoms with Crippen molar-refractivity contribution in [2.45, 2.75) is 26.2 Å². The summed E-state index contributed by atoms with van der Waals surface area (Å²) in [5.74, 6) is 0.122. The summed E-state index contributed by atoms with van der Waals surface area (Å²) in [5.41, 5.74) is 3.87. The van der Waals surface area contributed by atoms with Crippen LogP contribution in [-0.2, 0) is 4.74 Å². The van der Waals surface area contributed by atoms with Gasteiger partial charge in [-0.05, 0) is 18.9 Å². The van der Waals surface area contributed by atoms with Gasteiger partial charge in [0, 0.05) is 35.3 Å². The van der Waals surface area contributed by atoms with Crippen molar-refractivity contribution in [3.63, 3.8) is 0 Å². The number of phenols is 1. The molecule has 3 N–H and O–H groups in total. The largest absolute Gasteiger partial charge is 0.506 e. The molecular weight excluding hydrogens is 256 g/mol. The molecule has 1 atom stereocenters. The average Bonchev–Trinajstić information content (AvgIpc) is 2.98. The molecule has 0 spiro atoms. The number of aromatic nitrogens is 1. The van der Waals surface area contributed by atoms with E-state index in [4.69, 9.17) is 4.74 Å². The lowest BCUT2D eigenvalue weighted by atomic mass is 9.93. The number of carbonyl (C=O) groups excluding carboxylic acids is 1. The van der Waals surface area contributed by atoms with Gasteiger partial charge in [-0.1, -0.05) is 6.92 Å². The first-order valence-electron chi connectivity index (χ1n) is 6.78. The zero-order chi connectivity index (χ0) is 14.4. The summed E-state index contributed by atoms with van der Waals surface area (Å²) < 4.78 is 4.89. The third-order valence-electron chi connectivity index (χ3n) is 4.11. The molecule has 106 valence electrons. The Morgan fingerprint density at radius 1 is 1.55 bits per heavy atom. The Hall–Kier alpha value is -2.17. The molecule has 3 rings (SSSR count). The summed E-state index contributed by atoms with van der Waals surface area (Å²) in [7, 11) is 1.37. The molecule has 0 radical (unpaired) electrons. The minimum Gasteiger partial charge on any atom is -0.506 e. The average molecular weight is 274 g/mol. The van der Waals surface area contributed by atoms with E-state index < -0.39 is 0 Å². The van der Waals surface area contributed by atoms with Crippen LogP contribution >= 0.6 is 0 Å². The molecule has 1 aromatic heterocycles. The number of rotatable bonds is 2. The van der Waals surface area contributed by atoms with Crippen LogP contribution < -0.4 is 5.32 Å². The van der Waals surface area contributed by atoms with Crippen molar-refractivity contribution in [1.82, 2.24) is 4.98 Å². The molecule has 1 aromatic carbocycles. The molecule has 5 nitrogen and oxygen atoms in total. The van der Waals surface area contributed by atoms with Crippen molar-refractivity contribution >= 4 is 22.6 Å². The lowest BCUT2D eigenvalue weighted by Crippen LogP contribution is -2.04. The number of benzene rings is 1. The van der Waals surface area contributed by atoms with E-state index in [0.717, 1.165) is 35.3 Å². The number of aromatic amines is 1. The van der Waals surface area contributed by atoms with Crippen LogP contribution in [0, 0.1) is 6.92 Å². The first-order chi connectivity index (χ1) is 9.58. The van der Waals surface area contributed by atoms with E-state index in [1.165, 1.54) is 7.11 Å². The van der Waals surface area contributed by atoms with Gasteiger partial charge in [0.05, 0.1) is 18.2 Å². The zero-order valence-electron chi connectivity index (χ0n) is 11.8. The second-order valence-corrected chi connectivity index (χ2v) is 5.21. The maximum absolute atomic E-state index is 12.1. The molecule has 0 saturated carbocycles. The summed E-state index contributed by atoms with van der Waals surface area (Å²) >= 11 is 0. The van der Waals surface area contributed by atoms with Gasteiger partial charge in [0.1, 0.15) is 5.75 Å². The van der Waals surface area contributed by atoms with Gasteiger partial charge in [-0.25, -0.2) is 4.79 Å². The monoisotopic (exact) mass is 274 g/mol. The molecule has 0 bridgehead atoms.